The molecule has 2 rings (SSSR count). The molecule has 0 saturated carbocycles. The summed E-state index contributed by atoms with van der Waals surface area (Å²) >= 11 is 0. The number of aliphatic carboxylic acids is 1. The second-order valence-corrected chi connectivity index (χ2v) is 4.48. The highest BCUT2D eigenvalue weighted by Crippen LogP contribution is 2.20. The summed E-state index contributed by atoms with van der Waals surface area (Å²) in [5.41, 5.74) is 0. The van der Waals surface area contributed by atoms with Gasteiger partial charge in [-0.2, -0.15) is 5.10 Å². The van der Waals surface area contributed by atoms with Gasteiger partial charge in [0.15, 0.2) is 0 Å². The number of likely N-dealkylation sites (tertiary alicyclic amines) is 1. The van der Waals surface area contributed by atoms with Crippen molar-refractivity contribution in [2.45, 2.75) is 32.9 Å². The minimum absolute atomic E-state index is 0.275. The van der Waals surface area contributed by atoms with E-state index in [1.54, 1.807) is 6.33 Å². The molecule has 0 radical (unpaired) electrons. The summed E-state index contributed by atoms with van der Waals surface area (Å²) in [6.07, 6.45) is 2.81. The van der Waals surface area contributed by atoms with Gasteiger partial charge >= 0.3 is 5.97 Å². The molecule has 1 atom stereocenters. The Bertz CT molecular complexity index is 391. The fraction of sp³-hybridized carbons (Fsp3) is 0.727. The second kappa shape index (κ2) is 5.27. The first-order valence-corrected chi connectivity index (χ1v) is 6.00. The lowest BCUT2D eigenvalue weighted by Gasteiger charge is -2.15. The Hall–Kier alpha value is -1.43. The molecular formula is C11H18N4O2. The third-order valence-electron chi connectivity index (χ3n) is 3.19. The Morgan fingerprint density at radius 2 is 2.47 bits per heavy atom. The van der Waals surface area contributed by atoms with E-state index in [0.29, 0.717) is 0 Å². The summed E-state index contributed by atoms with van der Waals surface area (Å²) in [7, 11) is 0. The van der Waals surface area contributed by atoms with Gasteiger partial charge in [0.25, 0.3) is 0 Å². The van der Waals surface area contributed by atoms with Gasteiger partial charge in [0.05, 0.1) is 6.54 Å². The predicted octanol–water partition coefficient (Wildman–Crippen LogP) is 0.595. The number of aromatic nitrogens is 3. The van der Waals surface area contributed by atoms with E-state index in [9.17, 15) is 4.79 Å². The van der Waals surface area contributed by atoms with E-state index < -0.39 is 5.97 Å². The molecule has 0 aliphatic carbocycles. The van der Waals surface area contributed by atoms with Gasteiger partial charge in [-0.3, -0.25) is 9.69 Å². The lowest BCUT2D eigenvalue weighted by Crippen LogP contribution is -2.23. The van der Waals surface area contributed by atoms with Crippen LogP contribution < -0.4 is 0 Å². The molecule has 2 heterocycles. The normalized spacial score (nSPS) is 20.9. The molecule has 0 spiro atoms. The molecule has 0 bridgehead atoms. The average Bonchev–Trinajstić information content (AvgIpc) is 2.87. The SMILES string of the molecule is CCn1ncnc1CN1CCC(CC(=O)O)C1. The van der Waals surface area contributed by atoms with Crippen molar-refractivity contribution in [1.29, 1.82) is 0 Å². The smallest absolute Gasteiger partial charge is 0.303 e. The van der Waals surface area contributed by atoms with Gasteiger partial charge in [-0.25, -0.2) is 9.67 Å². The Balaban J connectivity index is 1.87. The van der Waals surface area contributed by atoms with Gasteiger partial charge in [-0.05, 0) is 25.8 Å². The quantitative estimate of drug-likeness (QED) is 0.813. The highest BCUT2D eigenvalue weighted by atomic mass is 16.4. The molecule has 6 nitrogen and oxygen atoms in total. The maximum Gasteiger partial charge on any atom is 0.303 e. The van der Waals surface area contributed by atoms with Gasteiger partial charge in [0.1, 0.15) is 12.2 Å². The molecule has 1 aromatic rings. The highest BCUT2D eigenvalue weighted by molar-refractivity contribution is 5.67. The van der Waals surface area contributed by atoms with E-state index in [0.717, 1.165) is 38.4 Å². The fourth-order valence-electron chi connectivity index (χ4n) is 2.34. The van der Waals surface area contributed by atoms with Crippen LogP contribution in [-0.2, 0) is 17.9 Å². The van der Waals surface area contributed by atoms with Crippen molar-refractivity contribution in [3.8, 4) is 0 Å². The molecule has 17 heavy (non-hydrogen) atoms. The van der Waals surface area contributed by atoms with Crippen LogP contribution in [0.2, 0.25) is 0 Å². The predicted molar refractivity (Wildman–Crippen MR) is 61.3 cm³/mol. The van der Waals surface area contributed by atoms with Crippen molar-refractivity contribution < 1.29 is 9.90 Å². The minimum atomic E-state index is -0.700. The zero-order valence-corrected chi connectivity index (χ0v) is 10.0. The van der Waals surface area contributed by atoms with Crippen molar-refractivity contribution in [3.63, 3.8) is 0 Å². The lowest BCUT2D eigenvalue weighted by molar-refractivity contribution is -0.138. The number of carbonyl (C=O) groups is 1. The summed E-state index contributed by atoms with van der Waals surface area (Å²) in [6.45, 7) is 5.43. The van der Waals surface area contributed by atoms with Gasteiger partial charge < -0.3 is 5.11 Å². The van der Waals surface area contributed by atoms with Gasteiger partial charge in [0, 0.05) is 19.5 Å². The molecule has 94 valence electrons. The summed E-state index contributed by atoms with van der Waals surface area (Å²) in [5.74, 6) is 0.544. The average molecular weight is 238 g/mol. The molecule has 1 N–H and O–H groups in total. The number of rotatable bonds is 5. The summed E-state index contributed by atoms with van der Waals surface area (Å²) < 4.78 is 1.88. The monoisotopic (exact) mass is 238 g/mol. The Morgan fingerprint density at radius 1 is 1.65 bits per heavy atom. The zero-order valence-electron chi connectivity index (χ0n) is 10.0. The molecular weight excluding hydrogens is 220 g/mol. The van der Waals surface area contributed by atoms with Crippen LogP contribution in [0, 0.1) is 5.92 Å². The summed E-state index contributed by atoms with van der Waals surface area (Å²) in [4.78, 5) is 17.1. The fourth-order valence-corrected chi connectivity index (χ4v) is 2.34. The third kappa shape index (κ3) is 3.03. The van der Waals surface area contributed by atoms with Crippen LogP contribution in [0.25, 0.3) is 0 Å². The van der Waals surface area contributed by atoms with Gasteiger partial charge in [-0.15, -0.1) is 0 Å². The van der Waals surface area contributed by atoms with Crippen molar-refractivity contribution in [3.05, 3.63) is 12.2 Å². The van der Waals surface area contributed by atoms with Crippen LogP contribution in [0.4, 0.5) is 0 Å². The van der Waals surface area contributed by atoms with E-state index in [1.165, 1.54) is 0 Å². The van der Waals surface area contributed by atoms with Crippen LogP contribution in [0.3, 0.4) is 0 Å². The van der Waals surface area contributed by atoms with Crippen LogP contribution in [0.1, 0.15) is 25.6 Å². The maximum absolute atomic E-state index is 10.6. The Morgan fingerprint density at radius 3 is 3.18 bits per heavy atom. The van der Waals surface area contributed by atoms with Crippen molar-refractivity contribution in [1.82, 2.24) is 19.7 Å². The minimum Gasteiger partial charge on any atom is -0.481 e. The molecule has 1 aliphatic rings. The molecule has 1 aliphatic heterocycles. The third-order valence-corrected chi connectivity index (χ3v) is 3.19. The van der Waals surface area contributed by atoms with Crippen molar-refractivity contribution in [2.24, 2.45) is 5.92 Å². The van der Waals surface area contributed by atoms with Gasteiger partial charge in [-0.1, -0.05) is 0 Å². The molecule has 1 saturated heterocycles. The zero-order chi connectivity index (χ0) is 12.3. The number of aryl methyl sites for hydroxylation is 1. The van der Waals surface area contributed by atoms with Crippen LogP contribution >= 0.6 is 0 Å². The lowest BCUT2D eigenvalue weighted by atomic mass is 10.1. The largest absolute Gasteiger partial charge is 0.481 e. The molecule has 1 unspecified atom stereocenters. The molecule has 0 aromatic carbocycles. The van der Waals surface area contributed by atoms with E-state index in [-0.39, 0.29) is 12.3 Å². The van der Waals surface area contributed by atoms with Gasteiger partial charge in [0.2, 0.25) is 0 Å². The molecule has 0 amide bonds. The first-order valence-electron chi connectivity index (χ1n) is 6.00. The van der Waals surface area contributed by atoms with E-state index >= 15 is 0 Å². The Kier molecular flexibility index (Phi) is 3.73. The Labute approximate surface area is 100 Å². The number of carboxylic acids is 1. The van der Waals surface area contributed by atoms with Crippen molar-refractivity contribution in [2.75, 3.05) is 13.1 Å². The van der Waals surface area contributed by atoms with E-state index in [4.69, 9.17) is 5.11 Å². The van der Waals surface area contributed by atoms with Crippen LogP contribution in [0.5, 0.6) is 0 Å². The number of nitrogens with zero attached hydrogens (tertiary/aromatic N) is 4. The number of hydrogen-bond acceptors (Lipinski definition) is 4. The van der Waals surface area contributed by atoms with Crippen LogP contribution in [-0.4, -0.2) is 43.8 Å². The first kappa shape index (κ1) is 12.0. The van der Waals surface area contributed by atoms with Crippen molar-refractivity contribution >= 4 is 5.97 Å². The molecule has 1 aromatic heterocycles. The topological polar surface area (TPSA) is 71.2 Å². The highest BCUT2D eigenvalue weighted by Gasteiger charge is 2.25. The maximum atomic E-state index is 10.6. The molecule has 6 heteroatoms. The second-order valence-electron chi connectivity index (χ2n) is 4.48. The first-order chi connectivity index (χ1) is 8.19. The standard InChI is InChI=1S/C11H18N4O2/c1-2-15-10(12-8-13-15)7-14-4-3-9(6-14)5-11(16)17/h8-9H,2-7H2,1H3,(H,16,17). The molecule has 1 fully saturated rings. The summed E-state index contributed by atoms with van der Waals surface area (Å²) in [6, 6.07) is 0. The number of hydrogen-bond donors (Lipinski definition) is 1. The van der Waals surface area contributed by atoms with Crippen LogP contribution in [0.15, 0.2) is 6.33 Å². The van der Waals surface area contributed by atoms with E-state index in [2.05, 4.69) is 15.0 Å². The summed E-state index contributed by atoms with van der Waals surface area (Å²) in [5, 5.41) is 12.9. The number of carboxylic acid groups (broad SMARTS) is 1. The van der Waals surface area contributed by atoms with E-state index in [1.807, 2.05) is 11.6 Å².